The quantitative estimate of drug-likeness (QED) is 0.626. The fourth-order valence-corrected chi connectivity index (χ4v) is 14.5. The van der Waals surface area contributed by atoms with Gasteiger partial charge in [-0.2, -0.15) is 0 Å². The van der Waals surface area contributed by atoms with E-state index in [1.54, 1.807) is 38.5 Å². The van der Waals surface area contributed by atoms with Crippen molar-refractivity contribution in [3.05, 3.63) is 0 Å². The molecule has 14 unspecified atom stereocenters. The largest absolute Gasteiger partial charge is 0.0467 e. The second-order valence-corrected chi connectivity index (χ2v) is 11.5. The molecule has 10 rings (SSSR count). The van der Waals surface area contributed by atoms with Crippen LogP contribution in [0.5, 0.6) is 0 Å². The van der Waals surface area contributed by atoms with Gasteiger partial charge in [-0.1, -0.05) is 0 Å². The van der Waals surface area contributed by atoms with Gasteiger partial charge in [0.2, 0.25) is 0 Å². The van der Waals surface area contributed by atoms with Gasteiger partial charge in [0.1, 0.15) is 0 Å². The highest BCUT2D eigenvalue weighted by Gasteiger charge is 3.08. The molecule has 0 heterocycles. The van der Waals surface area contributed by atoms with Gasteiger partial charge in [0.15, 0.2) is 0 Å². The van der Waals surface area contributed by atoms with E-state index in [9.17, 15) is 0 Å². The summed E-state index contributed by atoms with van der Waals surface area (Å²) < 4.78 is 0. The molecule has 0 nitrogen and oxygen atoms in total. The fourth-order valence-electron chi connectivity index (χ4n) is 14.5. The Morgan fingerprint density at radius 2 is 1.70 bits per heavy atom. The standard InChI is InChI=1S/C20H22/c1-7-2-10-15-13(7)9(1)14-16-11-3-8-4-12-18(10)5-17(16,20(8,11)12)6-19(14,15)18/h7-16H,1-6H2. The zero-order valence-corrected chi connectivity index (χ0v) is 12.0. The Labute approximate surface area is 120 Å². The molecule has 20 heavy (non-hydrogen) atoms. The minimum absolute atomic E-state index is 0.993. The number of fused-ring (bicyclic) bond motifs is 3. The average Bonchev–Trinajstić information content (AvgIpc) is 2.99. The van der Waals surface area contributed by atoms with Crippen LogP contribution in [0.15, 0.2) is 0 Å². The van der Waals surface area contributed by atoms with Crippen molar-refractivity contribution >= 4 is 0 Å². The molecule has 10 fully saturated rings. The van der Waals surface area contributed by atoms with Gasteiger partial charge in [-0.15, -0.1) is 0 Å². The van der Waals surface area contributed by atoms with Crippen LogP contribution in [0.3, 0.4) is 0 Å². The van der Waals surface area contributed by atoms with Gasteiger partial charge in [0.05, 0.1) is 0 Å². The first-order chi connectivity index (χ1) is 9.82. The first kappa shape index (κ1) is 8.59. The van der Waals surface area contributed by atoms with Crippen LogP contribution in [0.2, 0.25) is 0 Å². The first-order valence-corrected chi connectivity index (χ1v) is 9.82. The Kier molecular flexibility index (Phi) is 0.734. The van der Waals surface area contributed by atoms with Crippen molar-refractivity contribution in [2.75, 3.05) is 0 Å². The van der Waals surface area contributed by atoms with Crippen molar-refractivity contribution in [1.29, 1.82) is 0 Å². The molecule has 0 radical (unpaired) electrons. The second-order valence-electron chi connectivity index (χ2n) is 11.5. The molecular weight excluding hydrogens is 240 g/mol. The van der Waals surface area contributed by atoms with Gasteiger partial charge in [0.25, 0.3) is 0 Å². The third-order valence-electron chi connectivity index (χ3n) is 13.3. The van der Waals surface area contributed by atoms with Gasteiger partial charge in [0, 0.05) is 0 Å². The molecule has 14 atom stereocenters. The monoisotopic (exact) mass is 262 g/mol. The van der Waals surface area contributed by atoms with E-state index in [2.05, 4.69) is 0 Å². The van der Waals surface area contributed by atoms with E-state index in [1.165, 1.54) is 59.2 Å². The van der Waals surface area contributed by atoms with Crippen LogP contribution in [-0.2, 0) is 0 Å². The van der Waals surface area contributed by atoms with E-state index in [-0.39, 0.29) is 0 Å². The summed E-state index contributed by atoms with van der Waals surface area (Å²) in [5.41, 5.74) is 4.02. The highest BCUT2D eigenvalue weighted by Crippen LogP contribution is 3.13. The normalized spacial score (nSPS) is 99.6. The number of hydrogen-bond donors (Lipinski definition) is 0. The Hall–Kier alpha value is 0. The molecule has 0 heteroatoms. The predicted octanol–water partition coefficient (Wildman–Crippen LogP) is 3.57. The first-order valence-electron chi connectivity index (χ1n) is 9.82. The SMILES string of the molecule is C1C2CC3C4C2C1C1C2C5CC6CC7C38CC2(CC148)C657. The van der Waals surface area contributed by atoms with Crippen LogP contribution < -0.4 is 0 Å². The van der Waals surface area contributed by atoms with Gasteiger partial charge in [-0.05, 0) is 119 Å². The molecule has 0 aliphatic heterocycles. The lowest BCUT2D eigenvalue weighted by Crippen LogP contribution is -2.80. The maximum atomic E-state index is 1.81. The fraction of sp³-hybridized carbons (Fsp3) is 1.00. The van der Waals surface area contributed by atoms with Crippen LogP contribution in [-0.4, -0.2) is 0 Å². The summed E-state index contributed by atoms with van der Waals surface area (Å²) in [7, 11) is 0. The molecule has 0 N–H and O–H groups in total. The van der Waals surface area contributed by atoms with E-state index in [0.717, 1.165) is 21.7 Å². The Morgan fingerprint density at radius 1 is 0.750 bits per heavy atom. The van der Waals surface area contributed by atoms with Crippen LogP contribution in [0.1, 0.15) is 38.5 Å². The second kappa shape index (κ2) is 1.71. The maximum Gasteiger partial charge on any atom is -0.0144 e. The maximum absolute atomic E-state index is 1.81. The van der Waals surface area contributed by atoms with Crippen molar-refractivity contribution < 1.29 is 0 Å². The molecule has 0 aromatic rings. The lowest BCUT2D eigenvalue weighted by Gasteiger charge is -2.85. The van der Waals surface area contributed by atoms with Crippen LogP contribution in [0, 0.1) is 80.8 Å². The minimum atomic E-state index is 0.993. The Bertz CT molecular complexity index is 709. The van der Waals surface area contributed by atoms with Crippen molar-refractivity contribution in [2.24, 2.45) is 80.8 Å². The molecule has 10 saturated carbocycles. The molecule has 0 aromatic heterocycles. The molecule has 10 aliphatic rings. The van der Waals surface area contributed by atoms with E-state index in [1.807, 2.05) is 0 Å². The summed E-state index contributed by atoms with van der Waals surface area (Å²) >= 11 is 0. The van der Waals surface area contributed by atoms with Crippen molar-refractivity contribution in [3.63, 3.8) is 0 Å². The topological polar surface area (TPSA) is 0 Å². The third-order valence-corrected chi connectivity index (χ3v) is 13.3. The average molecular weight is 262 g/mol. The molecule has 102 valence electrons. The molecular formula is C20H22. The van der Waals surface area contributed by atoms with Crippen molar-refractivity contribution in [2.45, 2.75) is 38.5 Å². The van der Waals surface area contributed by atoms with Crippen molar-refractivity contribution in [1.82, 2.24) is 0 Å². The summed E-state index contributed by atoms with van der Waals surface area (Å²) in [6, 6.07) is 0. The Balaban J connectivity index is 1.43. The molecule has 4 spiro atoms. The molecule has 3 bridgehead atoms. The van der Waals surface area contributed by atoms with Crippen LogP contribution in [0.25, 0.3) is 0 Å². The zero-order valence-electron chi connectivity index (χ0n) is 12.0. The summed E-state index contributed by atoms with van der Waals surface area (Å²) in [5, 5.41) is 0. The van der Waals surface area contributed by atoms with Gasteiger partial charge in [-0.25, -0.2) is 0 Å². The third kappa shape index (κ3) is 0.350. The Morgan fingerprint density at radius 3 is 2.65 bits per heavy atom. The summed E-state index contributed by atoms with van der Waals surface area (Å²) in [6.45, 7) is 0. The summed E-state index contributed by atoms with van der Waals surface area (Å²) in [6.07, 6.45) is 10.5. The van der Waals surface area contributed by atoms with E-state index < -0.39 is 0 Å². The van der Waals surface area contributed by atoms with E-state index >= 15 is 0 Å². The lowest BCUT2D eigenvalue weighted by molar-refractivity contribution is -0.381. The molecule has 0 saturated heterocycles. The number of rotatable bonds is 0. The predicted molar refractivity (Wildman–Crippen MR) is 72.3 cm³/mol. The molecule has 0 aromatic carbocycles. The van der Waals surface area contributed by atoms with Gasteiger partial charge in [-0.3, -0.25) is 0 Å². The van der Waals surface area contributed by atoms with Crippen LogP contribution in [0.4, 0.5) is 0 Å². The lowest BCUT2D eigenvalue weighted by atomic mass is 9.19. The minimum Gasteiger partial charge on any atom is -0.0467 e. The van der Waals surface area contributed by atoms with Crippen LogP contribution >= 0.6 is 0 Å². The van der Waals surface area contributed by atoms with Crippen molar-refractivity contribution in [3.8, 4) is 0 Å². The van der Waals surface area contributed by atoms with E-state index in [0.29, 0.717) is 0 Å². The smallest absolute Gasteiger partial charge is 0.0144 e. The molecule has 0 amide bonds. The van der Waals surface area contributed by atoms with Gasteiger partial charge >= 0.3 is 0 Å². The highest BCUT2D eigenvalue weighted by atomic mass is 15.1. The van der Waals surface area contributed by atoms with E-state index in [4.69, 9.17) is 0 Å². The number of hydrogen-bond acceptors (Lipinski definition) is 0. The summed E-state index contributed by atoms with van der Waals surface area (Å²) in [4.78, 5) is 0. The summed E-state index contributed by atoms with van der Waals surface area (Å²) in [5.74, 6) is 12.8. The zero-order chi connectivity index (χ0) is 12.0. The highest BCUT2D eigenvalue weighted by molar-refractivity contribution is 5.55. The van der Waals surface area contributed by atoms with Gasteiger partial charge < -0.3 is 0 Å². The molecule has 10 aliphatic carbocycles.